The average molecular weight is 389 g/mol. The van der Waals surface area contributed by atoms with Gasteiger partial charge in [-0.3, -0.25) is 4.90 Å². The Kier molecular flexibility index (Phi) is 21.1. The highest BCUT2D eigenvalue weighted by molar-refractivity contribution is 6.17. The van der Waals surface area contributed by atoms with Crippen molar-refractivity contribution in [3.63, 3.8) is 0 Å². The van der Waals surface area contributed by atoms with Crippen LogP contribution < -0.4 is 5.90 Å². The number of unbranched alkanes of at least 4 members (excludes halogenated alkanes) is 11. The first-order valence-corrected chi connectivity index (χ1v) is 11.5. The van der Waals surface area contributed by atoms with E-state index in [1.165, 1.54) is 83.5 Å². The second kappa shape index (κ2) is 21.2. The van der Waals surface area contributed by atoms with Crippen LogP contribution in [0.2, 0.25) is 0 Å². The van der Waals surface area contributed by atoms with Crippen molar-refractivity contribution >= 4 is 11.6 Å². The Balaban J connectivity index is 3.32. The number of hydrogen-bond acceptors (Lipinski definition) is 3. The molecule has 0 rings (SSSR count). The zero-order valence-corrected chi connectivity index (χ0v) is 18.3. The van der Waals surface area contributed by atoms with E-state index < -0.39 is 0 Å². The smallest absolute Gasteiger partial charge is 0.0799 e. The lowest BCUT2D eigenvalue weighted by Crippen LogP contribution is -2.25. The molecule has 0 heterocycles. The van der Waals surface area contributed by atoms with Crippen molar-refractivity contribution in [2.75, 3.05) is 19.6 Å². The molecule has 26 heavy (non-hydrogen) atoms. The van der Waals surface area contributed by atoms with E-state index in [0.29, 0.717) is 6.00 Å². The van der Waals surface area contributed by atoms with E-state index in [-0.39, 0.29) is 6.10 Å². The molecule has 0 saturated heterocycles. The highest BCUT2D eigenvalue weighted by Crippen LogP contribution is 2.13. The summed E-state index contributed by atoms with van der Waals surface area (Å²) in [5, 5.41) is 0. The predicted octanol–water partition coefficient (Wildman–Crippen LogP) is 6.80. The molecule has 0 amide bonds. The van der Waals surface area contributed by atoms with Gasteiger partial charge < -0.3 is 4.84 Å². The fourth-order valence-corrected chi connectivity index (χ4v) is 3.27. The van der Waals surface area contributed by atoms with Gasteiger partial charge in [0.1, 0.15) is 0 Å². The van der Waals surface area contributed by atoms with E-state index in [1.807, 2.05) is 7.05 Å². The van der Waals surface area contributed by atoms with E-state index in [0.717, 1.165) is 19.4 Å². The lowest BCUT2D eigenvalue weighted by atomic mass is 10.0. The Labute approximate surface area is 168 Å². The third-order valence-electron chi connectivity index (χ3n) is 5.02. The van der Waals surface area contributed by atoms with Crippen LogP contribution in [0.25, 0.3) is 0 Å². The molecule has 0 aromatic heterocycles. The van der Waals surface area contributed by atoms with Crippen LogP contribution in [0.3, 0.4) is 0 Å². The molecule has 4 heteroatoms. The number of halogens is 1. The molecular formula is C22H45ClN2O. The van der Waals surface area contributed by atoms with E-state index in [1.54, 1.807) is 0 Å². The molecule has 1 atom stereocenters. The van der Waals surface area contributed by atoms with Crippen molar-refractivity contribution in [3.05, 3.63) is 12.2 Å². The summed E-state index contributed by atoms with van der Waals surface area (Å²) in [4.78, 5) is 7.16. The summed E-state index contributed by atoms with van der Waals surface area (Å²) in [6.07, 6.45) is 24.3. The Morgan fingerprint density at radius 1 is 0.846 bits per heavy atom. The average Bonchev–Trinajstić information content (AvgIpc) is 2.66. The fourth-order valence-electron chi connectivity index (χ4n) is 3.15. The maximum atomic E-state index is 5.77. The third kappa shape index (κ3) is 18.7. The first-order chi connectivity index (χ1) is 12.7. The number of nitrogens with two attached hydrogens (primary N) is 1. The topological polar surface area (TPSA) is 38.5 Å². The van der Waals surface area contributed by atoms with Crippen LogP contribution >= 0.6 is 11.6 Å². The van der Waals surface area contributed by atoms with Gasteiger partial charge in [0, 0.05) is 6.54 Å². The largest absolute Gasteiger partial charge is 0.301 e. The third-order valence-corrected chi connectivity index (χ3v) is 5.43. The number of alkyl halides is 1. The zero-order chi connectivity index (χ0) is 19.3. The highest BCUT2D eigenvalue weighted by Gasteiger charge is 2.09. The van der Waals surface area contributed by atoms with Gasteiger partial charge in [-0.05, 0) is 45.6 Å². The van der Waals surface area contributed by atoms with E-state index in [4.69, 9.17) is 22.3 Å². The molecule has 1 unspecified atom stereocenters. The molecule has 0 spiro atoms. The molecule has 0 bridgehead atoms. The molecule has 3 nitrogen and oxygen atoms in total. The number of allylic oxidation sites excluding steroid dienone is 2. The lowest BCUT2D eigenvalue weighted by molar-refractivity contribution is 0.0347. The molecule has 0 aromatic carbocycles. The summed E-state index contributed by atoms with van der Waals surface area (Å²) in [6.45, 7) is 3.22. The minimum absolute atomic E-state index is 0.172. The van der Waals surface area contributed by atoms with E-state index in [2.05, 4.69) is 24.0 Å². The van der Waals surface area contributed by atoms with Gasteiger partial charge in [-0.1, -0.05) is 76.9 Å². The number of rotatable bonds is 20. The van der Waals surface area contributed by atoms with Crippen LogP contribution in [0.1, 0.15) is 103 Å². The van der Waals surface area contributed by atoms with Gasteiger partial charge in [0.2, 0.25) is 0 Å². The predicted molar refractivity (Wildman–Crippen MR) is 116 cm³/mol. The molecule has 0 saturated carbocycles. The minimum Gasteiger partial charge on any atom is -0.301 e. The van der Waals surface area contributed by atoms with Gasteiger partial charge in [0.05, 0.1) is 12.1 Å². The first kappa shape index (κ1) is 25.9. The normalized spacial score (nSPS) is 13.1. The van der Waals surface area contributed by atoms with Crippen molar-refractivity contribution in [2.24, 2.45) is 5.90 Å². The molecule has 156 valence electrons. The van der Waals surface area contributed by atoms with Crippen LogP contribution in [0.4, 0.5) is 0 Å². The summed E-state index contributed by atoms with van der Waals surface area (Å²) in [6, 6.07) is 0.560. The van der Waals surface area contributed by atoms with Gasteiger partial charge in [-0.25, -0.2) is 5.90 Å². The summed E-state index contributed by atoms with van der Waals surface area (Å²) >= 11 is 5.77. The fraction of sp³-hybridized carbons (Fsp3) is 0.909. The molecule has 0 fully saturated rings. The summed E-state index contributed by atoms with van der Waals surface area (Å²) in [7, 11) is 2.02. The summed E-state index contributed by atoms with van der Waals surface area (Å²) in [5.74, 6) is 5.40. The van der Waals surface area contributed by atoms with Gasteiger partial charge in [0.25, 0.3) is 0 Å². The van der Waals surface area contributed by atoms with E-state index >= 15 is 0 Å². The lowest BCUT2D eigenvalue weighted by Gasteiger charge is -2.18. The maximum absolute atomic E-state index is 5.77. The van der Waals surface area contributed by atoms with Crippen LogP contribution in [-0.2, 0) is 4.84 Å². The van der Waals surface area contributed by atoms with Crippen molar-refractivity contribution in [2.45, 2.75) is 109 Å². The van der Waals surface area contributed by atoms with Gasteiger partial charge in [-0.15, -0.1) is 11.6 Å². The molecule has 0 aromatic rings. The van der Waals surface area contributed by atoms with Crippen molar-refractivity contribution in [1.82, 2.24) is 4.90 Å². The SMILES string of the molecule is CCCCCCCCC=CCCCCCCCC(CCN(C)CCl)ON. The van der Waals surface area contributed by atoms with Gasteiger partial charge in [0.15, 0.2) is 0 Å². The second-order valence-electron chi connectivity index (χ2n) is 7.62. The number of hydrogen-bond donors (Lipinski definition) is 1. The molecular weight excluding hydrogens is 344 g/mol. The summed E-state index contributed by atoms with van der Waals surface area (Å²) in [5.41, 5.74) is 0. The monoisotopic (exact) mass is 388 g/mol. The Morgan fingerprint density at radius 3 is 1.92 bits per heavy atom. The van der Waals surface area contributed by atoms with Crippen LogP contribution in [0.5, 0.6) is 0 Å². The first-order valence-electron chi connectivity index (χ1n) is 11.0. The molecule has 0 aliphatic carbocycles. The number of nitrogens with zero attached hydrogens (tertiary/aromatic N) is 1. The summed E-state index contributed by atoms with van der Waals surface area (Å²) < 4.78 is 0. The highest BCUT2D eigenvalue weighted by atomic mass is 35.5. The second-order valence-corrected chi connectivity index (χ2v) is 7.86. The quantitative estimate of drug-likeness (QED) is 0.0818. The van der Waals surface area contributed by atoms with Crippen molar-refractivity contribution in [3.8, 4) is 0 Å². The van der Waals surface area contributed by atoms with Gasteiger partial charge in [-0.2, -0.15) is 0 Å². The maximum Gasteiger partial charge on any atom is 0.0799 e. The van der Waals surface area contributed by atoms with E-state index in [9.17, 15) is 0 Å². The molecule has 2 N–H and O–H groups in total. The van der Waals surface area contributed by atoms with Crippen molar-refractivity contribution in [1.29, 1.82) is 0 Å². The standard InChI is InChI=1S/C22H45ClN2O/c1-3-4-5-6-7-8-9-10-11-12-13-14-15-16-17-18-22(26-24)19-20-25(2)21-23/h10-11,22H,3-9,12-21,24H2,1-2H3. The zero-order valence-electron chi connectivity index (χ0n) is 17.6. The minimum atomic E-state index is 0.172. The van der Waals surface area contributed by atoms with Gasteiger partial charge >= 0.3 is 0 Å². The molecule has 0 radical (unpaired) electrons. The van der Waals surface area contributed by atoms with Crippen molar-refractivity contribution < 1.29 is 4.84 Å². The molecule has 0 aliphatic rings. The van der Waals surface area contributed by atoms with Crippen LogP contribution in [0.15, 0.2) is 12.2 Å². The molecule has 0 aliphatic heterocycles. The van der Waals surface area contributed by atoms with Crippen LogP contribution in [-0.4, -0.2) is 30.6 Å². The van der Waals surface area contributed by atoms with Crippen LogP contribution in [0, 0.1) is 0 Å². The Hall–Kier alpha value is -0.0900. The Bertz CT molecular complexity index is 300. The Morgan fingerprint density at radius 2 is 1.38 bits per heavy atom.